The fourth-order valence-electron chi connectivity index (χ4n) is 1.71. The minimum Gasteiger partial charge on any atom is -0.306 e. The van der Waals surface area contributed by atoms with E-state index in [0.717, 1.165) is 5.56 Å². The maximum atomic E-state index is 10.5. The van der Waals surface area contributed by atoms with Crippen LogP contribution in [0.25, 0.3) is 0 Å². The van der Waals surface area contributed by atoms with Gasteiger partial charge >= 0.3 is 0 Å². The molecule has 0 fully saturated rings. The maximum absolute atomic E-state index is 10.5. The molecule has 5 heteroatoms. The third kappa shape index (κ3) is 5.41. The molecule has 0 bridgehead atoms. The molecule has 0 saturated carbocycles. The molecule has 0 heterocycles. The van der Waals surface area contributed by atoms with Crippen LogP contribution < -0.4 is 5.32 Å². The van der Waals surface area contributed by atoms with Crippen molar-refractivity contribution in [3.63, 3.8) is 0 Å². The SMILES string of the molecule is CC(C#N)(Cc1ccccc1)NCCCS(=O)O. The lowest BCUT2D eigenvalue weighted by molar-refractivity contribution is 0.444. The van der Waals surface area contributed by atoms with Crippen molar-refractivity contribution in [3.05, 3.63) is 35.9 Å². The van der Waals surface area contributed by atoms with Gasteiger partial charge in [-0.15, -0.1) is 0 Å². The second kappa shape index (κ2) is 7.27. The third-order valence-electron chi connectivity index (χ3n) is 2.66. The predicted molar refractivity (Wildman–Crippen MR) is 72.4 cm³/mol. The van der Waals surface area contributed by atoms with Gasteiger partial charge in [-0.2, -0.15) is 5.26 Å². The van der Waals surface area contributed by atoms with Crippen molar-refractivity contribution in [2.75, 3.05) is 12.3 Å². The molecule has 1 aromatic carbocycles. The van der Waals surface area contributed by atoms with Crippen molar-refractivity contribution in [1.82, 2.24) is 5.32 Å². The Morgan fingerprint density at radius 3 is 2.67 bits per heavy atom. The Morgan fingerprint density at radius 2 is 2.11 bits per heavy atom. The van der Waals surface area contributed by atoms with Gasteiger partial charge in [0.25, 0.3) is 0 Å². The normalized spacial score (nSPS) is 15.6. The Hall–Kier alpha value is -1.22. The summed E-state index contributed by atoms with van der Waals surface area (Å²) in [5, 5.41) is 12.4. The molecule has 0 amide bonds. The lowest BCUT2D eigenvalue weighted by Gasteiger charge is -2.23. The van der Waals surface area contributed by atoms with Gasteiger partial charge in [0, 0.05) is 6.42 Å². The average Bonchev–Trinajstić information content (AvgIpc) is 2.36. The average molecular weight is 266 g/mol. The number of rotatable bonds is 7. The van der Waals surface area contributed by atoms with Gasteiger partial charge in [0.05, 0.1) is 11.8 Å². The summed E-state index contributed by atoms with van der Waals surface area (Å²) in [5.74, 6) is 0.236. The molecule has 2 atom stereocenters. The topological polar surface area (TPSA) is 73.1 Å². The van der Waals surface area contributed by atoms with Gasteiger partial charge < -0.3 is 4.55 Å². The summed E-state index contributed by atoms with van der Waals surface area (Å²) in [7, 11) is 0. The summed E-state index contributed by atoms with van der Waals surface area (Å²) < 4.78 is 19.2. The van der Waals surface area contributed by atoms with Crippen LogP contribution in [0.15, 0.2) is 30.3 Å². The first-order valence-corrected chi connectivity index (χ1v) is 7.11. The van der Waals surface area contributed by atoms with Crippen molar-refractivity contribution in [2.45, 2.75) is 25.3 Å². The van der Waals surface area contributed by atoms with Crippen molar-refractivity contribution < 1.29 is 8.76 Å². The van der Waals surface area contributed by atoms with Gasteiger partial charge in [-0.1, -0.05) is 30.3 Å². The van der Waals surface area contributed by atoms with E-state index >= 15 is 0 Å². The highest BCUT2D eigenvalue weighted by Crippen LogP contribution is 2.12. The zero-order chi connectivity index (χ0) is 13.4. The lowest BCUT2D eigenvalue weighted by atomic mass is 9.94. The third-order valence-corrected chi connectivity index (χ3v) is 3.30. The molecule has 0 aliphatic heterocycles. The minimum atomic E-state index is -1.76. The number of nitriles is 1. The molecule has 2 N–H and O–H groups in total. The van der Waals surface area contributed by atoms with Crippen molar-refractivity contribution in [2.24, 2.45) is 0 Å². The molecular formula is C13H18N2O2S. The van der Waals surface area contributed by atoms with E-state index in [1.54, 1.807) is 0 Å². The van der Waals surface area contributed by atoms with Crippen LogP contribution in [0.5, 0.6) is 0 Å². The van der Waals surface area contributed by atoms with Gasteiger partial charge in [-0.3, -0.25) is 5.32 Å². The zero-order valence-corrected chi connectivity index (χ0v) is 11.2. The van der Waals surface area contributed by atoms with Crippen molar-refractivity contribution >= 4 is 11.1 Å². The van der Waals surface area contributed by atoms with Gasteiger partial charge in [0.1, 0.15) is 5.54 Å². The number of nitrogens with zero attached hydrogens (tertiary/aromatic N) is 1. The maximum Gasteiger partial charge on any atom is 0.152 e. The molecule has 2 unspecified atom stereocenters. The summed E-state index contributed by atoms with van der Waals surface area (Å²) in [6.07, 6.45) is 1.20. The molecule has 1 rings (SSSR count). The molecule has 0 saturated heterocycles. The summed E-state index contributed by atoms with van der Waals surface area (Å²) in [5.41, 5.74) is 0.456. The van der Waals surface area contributed by atoms with Gasteiger partial charge in [-0.25, -0.2) is 4.21 Å². The Balaban J connectivity index is 2.48. The number of benzene rings is 1. The summed E-state index contributed by atoms with van der Waals surface area (Å²) in [6.45, 7) is 2.40. The Bertz CT molecular complexity index is 430. The second-order valence-corrected chi connectivity index (χ2v) is 5.46. The molecule has 0 radical (unpaired) electrons. The highest BCUT2D eigenvalue weighted by molar-refractivity contribution is 7.79. The highest BCUT2D eigenvalue weighted by Gasteiger charge is 2.23. The van der Waals surface area contributed by atoms with Gasteiger partial charge in [0.2, 0.25) is 0 Å². The summed E-state index contributed by atoms with van der Waals surface area (Å²) >= 11 is -1.76. The molecule has 4 nitrogen and oxygen atoms in total. The molecule has 0 spiro atoms. The van der Waals surface area contributed by atoms with Crippen LogP contribution >= 0.6 is 0 Å². The highest BCUT2D eigenvalue weighted by atomic mass is 32.2. The van der Waals surface area contributed by atoms with E-state index in [1.165, 1.54) is 0 Å². The number of nitrogens with one attached hydrogen (secondary N) is 1. The number of hydrogen-bond acceptors (Lipinski definition) is 3. The van der Waals surface area contributed by atoms with E-state index in [1.807, 2.05) is 37.3 Å². The van der Waals surface area contributed by atoms with Crippen LogP contribution in [0.3, 0.4) is 0 Å². The fourth-order valence-corrected chi connectivity index (χ4v) is 2.10. The predicted octanol–water partition coefficient (Wildman–Crippen LogP) is 1.71. The molecule has 98 valence electrons. The van der Waals surface area contributed by atoms with Gasteiger partial charge in [-0.05, 0) is 25.5 Å². The summed E-state index contributed by atoms with van der Waals surface area (Å²) in [4.78, 5) is 0. The van der Waals surface area contributed by atoms with Crippen molar-refractivity contribution in [3.8, 4) is 6.07 Å². The molecule has 18 heavy (non-hydrogen) atoms. The Kier molecular flexibility index (Phi) is 5.99. The lowest BCUT2D eigenvalue weighted by Crippen LogP contribution is -2.43. The minimum absolute atomic E-state index is 0.236. The second-order valence-electron chi connectivity index (χ2n) is 4.41. The van der Waals surface area contributed by atoms with E-state index in [2.05, 4.69) is 11.4 Å². The molecule has 0 aliphatic rings. The van der Waals surface area contributed by atoms with Crippen molar-refractivity contribution in [1.29, 1.82) is 5.26 Å². The quantitative estimate of drug-likeness (QED) is 0.582. The van der Waals surface area contributed by atoms with Crippen LogP contribution in [0.2, 0.25) is 0 Å². The van der Waals surface area contributed by atoms with E-state index in [4.69, 9.17) is 4.55 Å². The fraction of sp³-hybridized carbons (Fsp3) is 0.462. The van der Waals surface area contributed by atoms with E-state index in [0.29, 0.717) is 19.4 Å². The smallest absolute Gasteiger partial charge is 0.152 e. The van der Waals surface area contributed by atoms with Crippen LogP contribution in [0.4, 0.5) is 0 Å². The zero-order valence-electron chi connectivity index (χ0n) is 10.4. The molecule has 0 aliphatic carbocycles. The van der Waals surface area contributed by atoms with E-state index in [-0.39, 0.29) is 5.75 Å². The monoisotopic (exact) mass is 266 g/mol. The largest absolute Gasteiger partial charge is 0.306 e. The Morgan fingerprint density at radius 1 is 1.44 bits per heavy atom. The summed E-state index contributed by atoms with van der Waals surface area (Å²) in [6, 6.07) is 12.1. The van der Waals surface area contributed by atoms with Gasteiger partial charge in [0.15, 0.2) is 11.1 Å². The first kappa shape index (κ1) is 14.8. The molecule has 1 aromatic rings. The van der Waals surface area contributed by atoms with E-state index in [9.17, 15) is 9.47 Å². The van der Waals surface area contributed by atoms with Crippen LogP contribution in [0, 0.1) is 11.3 Å². The molecular weight excluding hydrogens is 248 g/mol. The van der Waals surface area contributed by atoms with E-state index < -0.39 is 16.6 Å². The first-order chi connectivity index (χ1) is 8.56. The Labute approximate surface area is 110 Å². The number of hydrogen-bond donors (Lipinski definition) is 2. The first-order valence-electron chi connectivity index (χ1n) is 5.83. The van der Waals surface area contributed by atoms with Crippen LogP contribution in [0.1, 0.15) is 18.9 Å². The standard InChI is InChI=1S/C13H18N2O2S/c1-13(11-14,15-8-5-9-18(16)17)10-12-6-3-2-4-7-12/h2-4,6-7,15H,5,8-10H2,1H3,(H,16,17). The van der Waals surface area contributed by atoms with Crippen LogP contribution in [-0.2, 0) is 17.5 Å². The molecule has 0 aromatic heterocycles. The van der Waals surface area contributed by atoms with Crippen LogP contribution in [-0.4, -0.2) is 26.6 Å².